The van der Waals surface area contributed by atoms with Gasteiger partial charge in [0.05, 0.1) is 12.5 Å². The highest BCUT2D eigenvalue weighted by atomic mass is 19.2. The van der Waals surface area contributed by atoms with Crippen LogP contribution in [0.5, 0.6) is 17.2 Å². The van der Waals surface area contributed by atoms with Crippen LogP contribution in [0.15, 0.2) is 18.2 Å². The molecule has 3 nitrogen and oxygen atoms in total. The molecule has 0 heterocycles. The Labute approximate surface area is 89.5 Å². The SMILES string of the molecule is COc1c(F)c(F)cc2cc(O)cc(O)c12. The molecule has 2 aromatic rings. The van der Waals surface area contributed by atoms with Gasteiger partial charge in [-0.05, 0) is 17.5 Å². The molecule has 2 aromatic carbocycles. The molecule has 2 N–H and O–H groups in total. The van der Waals surface area contributed by atoms with Crippen LogP contribution in [-0.2, 0) is 0 Å². The summed E-state index contributed by atoms with van der Waals surface area (Å²) in [5.74, 6) is -3.26. The van der Waals surface area contributed by atoms with Gasteiger partial charge in [0, 0.05) is 6.07 Å². The number of phenolic OH excluding ortho intramolecular Hbond substituents is 2. The van der Waals surface area contributed by atoms with Crippen LogP contribution in [0.2, 0.25) is 0 Å². The minimum absolute atomic E-state index is 0.0270. The van der Waals surface area contributed by atoms with Crippen LogP contribution in [0.4, 0.5) is 8.78 Å². The summed E-state index contributed by atoms with van der Waals surface area (Å²) < 4.78 is 31.2. The molecule has 0 aliphatic rings. The Bertz CT molecular complexity index is 567. The van der Waals surface area contributed by atoms with E-state index in [0.717, 1.165) is 12.1 Å². The molecule has 0 spiro atoms. The lowest BCUT2D eigenvalue weighted by molar-refractivity contribution is 0.375. The third-order valence-electron chi connectivity index (χ3n) is 2.26. The summed E-state index contributed by atoms with van der Waals surface area (Å²) in [6, 6.07) is 3.12. The third-order valence-corrected chi connectivity index (χ3v) is 2.26. The van der Waals surface area contributed by atoms with Crippen molar-refractivity contribution in [1.29, 1.82) is 0 Å². The zero-order valence-corrected chi connectivity index (χ0v) is 8.29. The molecular weight excluding hydrogens is 218 g/mol. The van der Waals surface area contributed by atoms with Crippen LogP contribution in [0.25, 0.3) is 10.8 Å². The zero-order valence-electron chi connectivity index (χ0n) is 8.29. The van der Waals surface area contributed by atoms with E-state index in [2.05, 4.69) is 0 Å². The molecule has 0 saturated heterocycles. The molecule has 5 heteroatoms. The summed E-state index contributed by atoms with van der Waals surface area (Å²) in [7, 11) is 1.17. The number of hydrogen-bond acceptors (Lipinski definition) is 3. The molecular formula is C11H8F2O3. The number of hydrogen-bond donors (Lipinski definition) is 2. The highest BCUT2D eigenvalue weighted by molar-refractivity contribution is 5.94. The molecule has 16 heavy (non-hydrogen) atoms. The molecule has 0 amide bonds. The predicted molar refractivity (Wildman–Crippen MR) is 53.7 cm³/mol. The van der Waals surface area contributed by atoms with Gasteiger partial charge in [-0.25, -0.2) is 4.39 Å². The summed E-state index contributed by atoms with van der Waals surface area (Å²) in [6.07, 6.45) is 0. The van der Waals surface area contributed by atoms with Gasteiger partial charge in [0.1, 0.15) is 11.5 Å². The standard InChI is InChI=1S/C11H8F2O3/c1-16-11-9-5(3-7(12)10(11)13)2-6(14)4-8(9)15/h2-4,14-15H,1H3. The molecule has 0 radical (unpaired) electrons. The Morgan fingerprint density at radius 1 is 1.12 bits per heavy atom. The van der Waals surface area contributed by atoms with Gasteiger partial charge in [0.2, 0.25) is 5.82 Å². The number of ether oxygens (including phenoxy) is 1. The maximum atomic E-state index is 13.3. The van der Waals surface area contributed by atoms with Crippen LogP contribution in [0, 0.1) is 11.6 Å². The number of phenols is 2. The largest absolute Gasteiger partial charge is 0.508 e. The maximum Gasteiger partial charge on any atom is 0.201 e. The first-order valence-corrected chi connectivity index (χ1v) is 4.42. The summed E-state index contributed by atoms with van der Waals surface area (Å²) in [4.78, 5) is 0. The van der Waals surface area contributed by atoms with Crippen molar-refractivity contribution in [2.75, 3.05) is 7.11 Å². The van der Waals surface area contributed by atoms with Crippen LogP contribution >= 0.6 is 0 Å². The monoisotopic (exact) mass is 226 g/mol. The van der Waals surface area contributed by atoms with Crippen molar-refractivity contribution in [1.82, 2.24) is 0 Å². The van der Waals surface area contributed by atoms with Gasteiger partial charge in [-0.15, -0.1) is 0 Å². The summed E-state index contributed by atoms with van der Waals surface area (Å²) in [6.45, 7) is 0. The van der Waals surface area contributed by atoms with Gasteiger partial charge >= 0.3 is 0 Å². The number of halogens is 2. The van der Waals surface area contributed by atoms with Gasteiger partial charge in [0.15, 0.2) is 11.6 Å². The molecule has 0 bridgehead atoms. The summed E-state index contributed by atoms with van der Waals surface area (Å²) in [5, 5.41) is 19.0. The van der Waals surface area contributed by atoms with Gasteiger partial charge in [-0.2, -0.15) is 4.39 Å². The molecule has 0 aromatic heterocycles. The minimum Gasteiger partial charge on any atom is -0.508 e. The third kappa shape index (κ3) is 1.41. The summed E-state index contributed by atoms with van der Waals surface area (Å²) >= 11 is 0. The Kier molecular flexibility index (Phi) is 2.30. The smallest absolute Gasteiger partial charge is 0.201 e. The average Bonchev–Trinajstić information content (AvgIpc) is 2.20. The first-order valence-electron chi connectivity index (χ1n) is 4.42. The highest BCUT2D eigenvalue weighted by Gasteiger charge is 2.17. The maximum absolute atomic E-state index is 13.3. The van der Waals surface area contributed by atoms with Crippen molar-refractivity contribution in [3.8, 4) is 17.2 Å². The van der Waals surface area contributed by atoms with E-state index in [4.69, 9.17) is 4.74 Å². The molecule has 0 aliphatic heterocycles. The van der Waals surface area contributed by atoms with Crippen LogP contribution in [-0.4, -0.2) is 17.3 Å². The molecule has 84 valence electrons. The van der Waals surface area contributed by atoms with Crippen LogP contribution < -0.4 is 4.74 Å². The second-order valence-electron chi connectivity index (χ2n) is 3.27. The van der Waals surface area contributed by atoms with Crippen molar-refractivity contribution in [2.45, 2.75) is 0 Å². The minimum atomic E-state index is -1.17. The van der Waals surface area contributed by atoms with Crippen LogP contribution in [0.1, 0.15) is 0 Å². The number of methoxy groups -OCH3 is 1. The van der Waals surface area contributed by atoms with Gasteiger partial charge in [-0.1, -0.05) is 0 Å². The Morgan fingerprint density at radius 3 is 2.44 bits per heavy atom. The van der Waals surface area contributed by atoms with E-state index in [1.807, 2.05) is 0 Å². The second kappa shape index (κ2) is 3.52. The molecule has 0 atom stereocenters. The van der Waals surface area contributed by atoms with Crippen LogP contribution in [0.3, 0.4) is 0 Å². The van der Waals surface area contributed by atoms with E-state index >= 15 is 0 Å². The fourth-order valence-electron chi connectivity index (χ4n) is 1.60. The highest BCUT2D eigenvalue weighted by Crippen LogP contribution is 2.38. The van der Waals surface area contributed by atoms with Gasteiger partial charge < -0.3 is 14.9 Å². The molecule has 0 fully saturated rings. The van der Waals surface area contributed by atoms with E-state index in [1.54, 1.807) is 0 Å². The number of rotatable bonds is 1. The number of benzene rings is 2. The van der Waals surface area contributed by atoms with E-state index in [1.165, 1.54) is 13.2 Å². The Balaban J connectivity index is 2.96. The lowest BCUT2D eigenvalue weighted by Gasteiger charge is -2.09. The topological polar surface area (TPSA) is 49.7 Å². The van der Waals surface area contributed by atoms with Crippen molar-refractivity contribution < 1.29 is 23.7 Å². The molecule has 0 aliphatic carbocycles. The lowest BCUT2D eigenvalue weighted by atomic mass is 10.1. The van der Waals surface area contributed by atoms with Gasteiger partial charge in [0.25, 0.3) is 0 Å². The average molecular weight is 226 g/mol. The molecule has 0 unspecified atom stereocenters. The fourth-order valence-corrected chi connectivity index (χ4v) is 1.60. The fraction of sp³-hybridized carbons (Fsp3) is 0.0909. The predicted octanol–water partition coefficient (Wildman–Crippen LogP) is 2.54. The second-order valence-corrected chi connectivity index (χ2v) is 3.27. The van der Waals surface area contributed by atoms with Crippen molar-refractivity contribution >= 4 is 10.8 Å². The van der Waals surface area contributed by atoms with E-state index in [0.29, 0.717) is 0 Å². The quantitative estimate of drug-likeness (QED) is 0.785. The first-order chi connectivity index (χ1) is 7.54. The van der Waals surface area contributed by atoms with Crippen molar-refractivity contribution in [3.63, 3.8) is 0 Å². The Morgan fingerprint density at radius 2 is 1.81 bits per heavy atom. The molecule has 0 saturated carbocycles. The van der Waals surface area contributed by atoms with Gasteiger partial charge in [-0.3, -0.25) is 0 Å². The zero-order chi connectivity index (χ0) is 11.9. The van der Waals surface area contributed by atoms with E-state index in [9.17, 15) is 19.0 Å². The molecule has 2 rings (SSSR count). The Hall–Kier alpha value is -2.04. The lowest BCUT2D eigenvalue weighted by Crippen LogP contribution is -1.94. The normalized spacial score (nSPS) is 10.7. The van der Waals surface area contributed by atoms with E-state index in [-0.39, 0.29) is 28.0 Å². The van der Waals surface area contributed by atoms with Crippen molar-refractivity contribution in [2.24, 2.45) is 0 Å². The number of aromatic hydroxyl groups is 2. The van der Waals surface area contributed by atoms with Crippen molar-refractivity contribution in [3.05, 3.63) is 29.8 Å². The first kappa shape index (κ1) is 10.5. The number of fused-ring (bicyclic) bond motifs is 1. The summed E-state index contributed by atoms with van der Waals surface area (Å²) in [5.41, 5.74) is 0. The van der Waals surface area contributed by atoms with E-state index < -0.39 is 11.6 Å².